The van der Waals surface area contributed by atoms with Crippen molar-refractivity contribution in [2.45, 2.75) is 16.7 Å². The number of rotatable bonds is 3. The van der Waals surface area contributed by atoms with Gasteiger partial charge in [-0.2, -0.15) is 0 Å². The Bertz CT molecular complexity index is 679. The molecule has 2 N–H and O–H groups in total. The van der Waals surface area contributed by atoms with Gasteiger partial charge in [0.1, 0.15) is 5.03 Å². The molecule has 0 radical (unpaired) electrons. The number of aromatic nitrogens is 4. The standard InChI is InChI=1S/C12H11N5S/c13-8-9-4-3-6-14-11(9)18-12-16-15-10-5-1-2-7-17(10)12/h1-7H,8,13H2. The van der Waals surface area contributed by atoms with Gasteiger partial charge in [-0.3, -0.25) is 4.40 Å². The van der Waals surface area contributed by atoms with Crippen LogP contribution in [0.5, 0.6) is 0 Å². The molecule has 0 saturated carbocycles. The molecule has 0 aliphatic rings. The van der Waals surface area contributed by atoms with Crippen LogP contribution in [0.1, 0.15) is 5.56 Å². The van der Waals surface area contributed by atoms with E-state index in [1.807, 2.05) is 40.9 Å². The Morgan fingerprint density at radius 2 is 2.11 bits per heavy atom. The number of nitrogens with two attached hydrogens (primary N) is 1. The highest BCUT2D eigenvalue weighted by Crippen LogP contribution is 2.27. The second kappa shape index (κ2) is 4.75. The SMILES string of the molecule is NCc1cccnc1Sc1nnc2ccccn12. The lowest BCUT2D eigenvalue weighted by Gasteiger charge is -2.04. The van der Waals surface area contributed by atoms with E-state index in [0.29, 0.717) is 6.54 Å². The number of hydrogen-bond donors (Lipinski definition) is 1. The lowest BCUT2D eigenvalue weighted by molar-refractivity contribution is 0.906. The molecule has 3 aromatic rings. The van der Waals surface area contributed by atoms with Crippen LogP contribution < -0.4 is 5.73 Å². The summed E-state index contributed by atoms with van der Waals surface area (Å²) in [5.74, 6) is 0. The van der Waals surface area contributed by atoms with Gasteiger partial charge in [0.05, 0.1) is 0 Å². The average molecular weight is 257 g/mol. The van der Waals surface area contributed by atoms with Gasteiger partial charge in [0.2, 0.25) is 5.16 Å². The summed E-state index contributed by atoms with van der Waals surface area (Å²) in [4.78, 5) is 4.33. The second-order valence-electron chi connectivity index (χ2n) is 3.69. The molecule has 3 rings (SSSR count). The summed E-state index contributed by atoms with van der Waals surface area (Å²) in [6.45, 7) is 0.465. The highest BCUT2D eigenvalue weighted by molar-refractivity contribution is 7.99. The Morgan fingerprint density at radius 1 is 1.17 bits per heavy atom. The first-order valence-electron chi connectivity index (χ1n) is 5.50. The second-order valence-corrected chi connectivity index (χ2v) is 4.64. The molecule has 0 aromatic carbocycles. The molecule has 0 amide bonds. The highest BCUT2D eigenvalue weighted by atomic mass is 32.2. The van der Waals surface area contributed by atoms with E-state index in [2.05, 4.69) is 15.2 Å². The van der Waals surface area contributed by atoms with Crippen LogP contribution in [0.25, 0.3) is 5.65 Å². The summed E-state index contributed by atoms with van der Waals surface area (Å²) in [5.41, 5.74) is 7.53. The largest absolute Gasteiger partial charge is 0.326 e. The highest BCUT2D eigenvalue weighted by Gasteiger charge is 2.09. The van der Waals surface area contributed by atoms with Crippen LogP contribution in [0.15, 0.2) is 52.9 Å². The normalized spacial score (nSPS) is 10.9. The van der Waals surface area contributed by atoms with Crippen LogP contribution in [0.3, 0.4) is 0 Å². The molecule has 18 heavy (non-hydrogen) atoms. The van der Waals surface area contributed by atoms with E-state index in [-0.39, 0.29) is 0 Å². The van der Waals surface area contributed by atoms with Crippen LogP contribution in [-0.2, 0) is 6.54 Å². The molecule has 3 heterocycles. The third kappa shape index (κ3) is 1.96. The Morgan fingerprint density at radius 3 is 3.00 bits per heavy atom. The fraction of sp³-hybridized carbons (Fsp3) is 0.0833. The van der Waals surface area contributed by atoms with Crippen molar-refractivity contribution in [2.75, 3.05) is 0 Å². The Labute approximate surface area is 108 Å². The van der Waals surface area contributed by atoms with E-state index >= 15 is 0 Å². The summed E-state index contributed by atoms with van der Waals surface area (Å²) in [5, 5.41) is 9.93. The maximum Gasteiger partial charge on any atom is 0.201 e. The lowest BCUT2D eigenvalue weighted by atomic mass is 10.3. The van der Waals surface area contributed by atoms with E-state index in [1.165, 1.54) is 11.8 Å². The Balaban J connectivity index is 2.01. The van der Waals surface area contributed by atoms with Gasteiger partial charge in [-0.25, -0.2) is 4.98 Å². The van der Waals surface area contributed by atoms with Crippen LogP contribution >= 0.6 is 11.8 Å². The third-order valence-corrected chi connectivity index (χ3v) is 3.56. The monoisotopic (exact) mass is 257 g/mol. The summed E-state index contributed by atoms with van der Waals surface area (Å²) in [6, 6.07) is 9.65. The lowest BCUT2D eigenvalue weighted by Crippen LogP contribution is -2.00. The van der Waals surface area contributed by atoms with Crippen molar-refractivity contribution >= 4 is 17.4 Å². The molecule has 0 fully saturated rings. The smallest absolute Gasteiger partial charge is 0.201 e. The van der Waals surface area contributed by atoms with Gasteiger partial charge >= 0.3 is 0 Å². The zero-order chi connectivity index (χ0) is 12.4. The predicted octanol–water partition coefficient (Wildman–Crippen LogP) is 1.73. The quantitative estimate of drug-likeness (QED) is 0.774. The Kier molecular flexibility index (Phi) is 2.95. The summed E-state index contributed by atoms with van der Waals surface area (Å²) < 4.78 is 1.93. The van der Waals surface area contributed by atoms with Gasteiger partial charge in [-0.05, 0) is 35.5 Å². The zero-order valence-electron chi connectivity index (χ0n) is 9.52. The number of pyridine rings is 2. The first-order valence-corrected chi connectivity index (χ1v) is 6.31. The first kappa shape index (κ1) is 11.2. The van der Waals surface area contributed by atoms with Gasteiger partial charge in [-0.15, -0.1) is 10.2 Å². The minimum absolute atomic E-state index is 0.465. The van der Waals surface area contributed by atoms with Crippen molar-refractivity contribution in [2.24, 2.45) is 5.73 Å². The fourth-order valence-electron chi connectivity index (χ4n) is 1.65. The minimum Gasteiger partial charge on any atom is -0.326 e. The van der Waals surface area contributed by atoms with Crippen molar-refractivity contribution in [3.63, 3.8) is 0 Å². The maximum absolute atomic E-state index is 5.70. The van der Waals surface area contributed by atoms with Crippen molar-refractivity contribution in [3.05, 3.63) is 48.3 Å². The number of hydrogen-bond acceptors (Lipinski definition) is 5. The molecule has 0 unspecified atom stereocenters. The Hall–Kier alpha value is -1.92. The van der Waals surface area contributed by atoms with Crippen molar-refractivity contribution in [1.29, 1.82) is 0 Å². The minimum atomic E-state index is 0.465. The van der Waals surface area contributed by atoms with Crippen LogP contribution in [0.4, 0.5) is 0 Å². The molecular formula is C12H11N5S. The molecular weight excluding hydrogens is 246 g/mol. The molecule has 0 spiro atoms. The van der Waals surface area contributed by atoms with Gasteiger partial charge in [0.25, 0.3) is 0 Å². The topological polar surface area (TPSA) is 69.1 Å². The predicted molar refractivity (Wildman–Crippen MR) is 69.2 cm³/mol. The zero-order valence-corrected chi connectivity index (χ0v) is 10.3. The van der Waals surface area contributed by atoms with Gasteiger partial charge in [0, 0.05) is 18.9 Å². The average Bonchev–Trinajstić information content (AvgIpc) is 2.83. The third-order valence-electron chi connectivity index (χ3n) is 2.54. The first-order chi connectivity index (χ1) is 8.88. The maximum atomic E-state index is 5.70. The molecule has 90 valence electrons. The van der Waals surface area contributed by atoms with Gasteiger partial charge in [0.15, 0.2) is 5.65 Å². The van der Waals surface area contributed by atoms with Crippen molar-refractivity contribution < 1.29 is 0 Å². The molecule has 0 saturated heterocycles. The van der Waals surface area contributed by atoms with Crippen LogP contribution in [0, 0.1) is 0 Å². The van der Waals surface area contributed by atoms with Crippen molar-refractivity contribution in [1.82, 2.24) is 19.6 Å². The molecule has 0 atom stereocenters. The van der Waals surface area contributed by atoms with Crippen LogP contribution in [0.2, 0.25) is 0 Å². The summed E-state index contributed by atoms with van der Waals surface area (Å²) in [6.07, 6.45) is 3.69. The van der Waals surface area contributed by atoms with E-state index in [9.17, 15) is 0 Å². The molecule has 5 nitrogen and oxygen atoms in total. The summed E-state index contributed by atoms with van der Waals surface area (Å²) in [7, 11) is 0. The van der Waals surface area contributed by atoms with Gasteiger partial charge in [-0.1, -0.05) is 12.1 Å². The fourth-order valence-corrected chi connectivity index (χ4v) is 2.55. The molecule has 0 aliphatic carbocycles. The number of nitrogens with zero attached hydrogens (tertiary/aromatic N) is 4. The summed E-state index contributed by atoms with van der Waals surface area (Å²) >= 11 is 1.47. The number of fused-ring (bicyclic) bond motifs is 1. The van der Waals surface area contributed by atoms with E-state index < -0.39 is 0 Å². The van der Waals surface area contributed by atoms with E-state index in [4.69, 9.17) is 5.73 Å². The molecule has 3 aromatic heterocycles. The van der Waals surface area contributed by atoms with E-state index in [0.717, 1.165) is 21.4 Å². The van der Waals surface area contributed by atoms with Crippen molar-refractivity contribution in [3.8, 4) is 0 Å². The molecule has 6 heteroatoms. The van der Waals surface area contributed by atoms with E-state index in [1.54, 1.807) is 6.20 Å². The molecule has 0 aliphatic heterocycles. The molecule has 0 bridgehead atoms. The van der Waals surface area contributed by atoms with Crippen LogP contribution in [-0.4, -0.2) is 19.6 Å². The van der Waals surface area contributed by atoms with Gasteiger partial charge < -0.3 is 5.73 Å².